The number of benzene rings is 1. The van der Waals surface area contributed by atoms with Gasteiger partial charge in [0.2, 0.25) is 5.82 Å². The van der Waals surface area contributed by atoms with Gasteiger partial charge in [0.05, 0.1) is 6.61 Å². The molecular weight excluding hydrogens is 302 g/mol. The number of ether oxygens (including phenoxy) is 1. The predicted octanol–water partition coefficient (Wildman–Crippen LogP) is 3.68. The molecule has 1 heterocycles. The SMILES string of the molecule is CCCCOc1cc(-c2cc(C)[nH]c(=O)c2C#N)cc(F)c1F. The molecule has 1 aromatic carbocycles. The van der Waals surface area contributed by atoms with Gasteiger partial charge in [-0.05, 0) is 37.1 Å². The van der Waals surface area contributed by atoms with Crippen molar-refractivity contribution in [3.63, 3.8) is 0 Å². The average molecular weight is 318 g/mol. The van der Waals surface area contributed by atoms with Gasteiger partial charge in [0.15, 0.2) is 11.6 Å². The number of aromatic amines is 1. The highest BCUT2D eigenvalue weighted by molar-refractivity contribution is 5.71. The maximum Gasteiger partial charge on any atom is 0.266 e. The van der Waals surface area contributed by atoms with E-state index in [1.54, 1.807) is 19.1 Å². The molecule has 0 radical (unpaired) electrons. The lowest BCUT2D eigenvalue weighted by Crippen LogP contribution is -2.13. The molecule has 0 aliphatic carbocycles. The molecule has 2 aromatic rings. The van der Waals surface area contributed by atoms with Crippen LogP contribution in [0.5, 0.6) is 5.75 Å². The van der Waals surface area contributed by atoms with Crippen molar-refractivity contribution in [2.45, 2.75) is 26.7 Å². The molecule has 0 amide bonds. The summed E-state index contributed by atoms with van der Waals surface area (Å²) in [5, 5.41) is 9.15. The number of nitrogens with zero attached hydrogens (tertiary/aromatic N) is 1. The number of nitriles is 1. The first-order valence-electron chi connectivity index (χ1n) is 7.24. The number of halogens is 2. The van der Waals surface area contributed by atoms with Crippen LogP contribution in [0.4, 0.5) is 8.78 Å². The van der Waals surface area contributed by atoms with E-state index in [4.69, 9.17) is 10.00 Å². The summed E-state index contributed by atoms with van der Waals surface area (Å²) < 4.78 is 33.0. The topological polar surface area (TPSA) is 65.9 Å². The number of unbranched alkanes of at least 4 members (excludes halogenated alkanes) is 1. The second-order valence-corrected chi connectivity index (χ2v) is 5.15. The van der Waals surface area contributed by atoms with Crippen LogP contribution < -0.4 is 10.3 Å². The molecule has 23 heavy (non-hydrogen) atoms. The number of aryl methyl sites for hydroxylation is 1. The lowest BCUT2D eigenvalue weighted by atomic mass is 10.0. The fraction of sp³-hybridized carbons (Fsp3) is 0.294. The number of rotatable bonds is 5. The smallest absolute Gasteiger partial charge is 0.266 e. The van der Waals surface area contributed by atoms with E-state index in [0.717, 1.165) is 12.5 Å². The average Bonchev–Trinajstić information content (AvgIpc) is 2.50. The van der Waals surface area contributed by atoms with E-state index in [1.807, 2.05) is 6.92 Å². The maximum absolute atomic E-state index is 13.8. The molecule has 0 saturated heterocycles. The van der Waals surface area contributed by atoms with Crippen molar-refractivity contribution in [3.05, 3.63) is 51.4 Å². The van der Waals surface area contributed by atoms with E-state index in [2.05, 4.69) is 4.98 Å². The highest BCUT2D eigenvalue weighted by Gasteiger charge is 2.17. The quantitative estimate of drug-likeness (QED) is 0.855. The summed E-state index contributed by atoms with van der Waals surface area (Å²) in [6.07, 6.45) is 1.56. The molecule has 0 bridgehead atoms. The van der Waals surface area contributed by atoms with Crippen molar-refractivity contribution in [3.8, 4) is 22.9 Å². The minimum absolute atomic E-state index is 0.152. The fourth-order valence-electron chi connectivity index (χ4n) is 2.18. The minimum atomic E-state index is -1.09. The lowest BCUT2D eigenvalue weighted by Gasteiger charge is -2.11. The highest BCUT2D eigenvalue weighted by atomic mass is 19.2. The summed E-state index contributed by atoms with van der Waals surface area (Å²) in [5.74, 6) is -2.39. The maximum atomic E-state index is 13.8. The van der Waals surface area contributed by atoms with E-state index in [-0.39, 0.29) is 29.0 Å². The van der Waals surface area contributed by atoms with Gasteiger partial charge in [-0.2, -0.15) is 9.65 Å². The van der Waals surface area contributed by atoms with Crippen LogP contribution >= 0.6 is 0 Å². The summed E-state index contributed by atoms with van der Waals surface area (Å²) in [4.78, 5) is 14.3. The van der Waals surface area contributed by atoms with Crippen LogP contribution in [0.1, 0.15) is 31.0 Å². The fourth-order valence-corrected chi connectivity index (χ4v) is 2.18. The van der Waals surface area contributed by atoms with Gasteiger partial charge in [-0.3, -0.25) is 4.79 Å². The Morgan fingerprint density at radius 3 is 2.70 bits per heavy atom. The first-order chi connectivity index (χ1) is 11.0. The van der Waals surface area contributed by atoms with Crippen molar-refractivity contribution in [2.75, 3.05) is 6.61 Å². The third-order valence-corrected chi connectivity index (χ3v) is 3.34. The molecule has 0 aliphatic rings. The second-order valence-electron chi connectivity index (χ2n) is 5.15. The molecule has 1 aromatic heterocycles. The van der Waals surface area contributed by atoms with Crippen LogP contribution in [-0.4, -0.2) is 11.6 Å². The number of hydrogen-bond donors (Lipinski definition) is 1. The van der Waals surface area contributed by atoms with E-state index in [0.29, 0.717) is 12.1 Å². The van der Waals surface area contributed by atoms with Crippen LogP contribution in [0.15, 0.2) is 23.0 Å². The number of pyridine rings is 1. The Kier molecular flexibility index (Phi) is 5.12. The van der Waals surface area contributed by atoms with Gasteiger partial charge < -0.3 is 9.72 Å². The van der Waals surface area contributed by atoms with Crippen molar-refractivity contribution in [1.82, 2.24) is 4.98 Å². The number of aromatic nitrogens is 1. The van der Waals surface area contributed by atoms with E-state index in [9.17, 15) is 13.6 Å². The molecule has 4 nitrogen and oxygen atoms in total. The molecule has 1 N–H and O–H groups in total. The summed E-state index contributed by atoms with van der Waals surface area (Å²) in [6.45, 7) is 3.86. The molecule has 6 heteroatoms. The third kappa shape index (κ3) is 3.57. The summed E-state index contributed by atoms with van der Waals surface area (Å²) >= 11 is 0. The molecule has 2 rings (SSSR count). The first-order valence-corrected chi connectivity index (χ1v) is 7.24. The normalized spacial score (nSPS) is 10.4. The molecule has 0 aliphatic heterocycles. The lowest BCUT2D eigenvalue weighted by molar-refractivity contribution is 0.289. The van der Waals surface area contributed by atoms with E-state index >= 15 is 0 Å². The Bertz CT molecular complexity index is 823. The molecule has 0 saturated carbocycles. The van der Waals surface area contributed by atoms with E-state index in [1.165, 1.54) is 6.07 Å². The van der Waals surface area contributed by atoms with Gasteiger partial charge in [-0.15, -0.1) is 0 Å². The standard InChI is InChI=1S/C17H16F2N2O2/c1-3-4-5-23-15-8-11(7-14(18)16(15)19)12-6-10(2)21-17(22)13(12)9-20/h6-8H,3-5H2,1-2H3,(H,21,22). The van der Waals surface area contributed by atoms with Gasteiger partial charge >= 0.3 is 0 Å². The molecular formula is C17H16F2N2O2. The number of H-pyrrole nitrogens is 1. The third-order valence-electron chi connectivity index (χ3n) is 3.34. The van der Waals surface area contributed by atoms with Gasteiger partial charge in [0.25, 0.3) is 5.56 Å². The predicted molar refractivity (Wildman–Crippen MR) is 82.3 cm³/mol. The molecule has 0 fully saturated rings. The monoisotopic (exact) mass is 318 g/mol. The zero-order valence-electron chi connectivity index (χ0n) is 12.9. The van der Waals surface area contributed by atoms with Crippen LogP contribution in [0.2, 0.25) is 0 Å². The number of hydrogen-bond acceptors (Lipinski definition) is 3. The van der Waals surface area contributed by atoms with Crippen LogP contribution in [0.3, 0.4) is 0 Å². The second kappa shape index (κ2) is 7.05. The van der Waals surface area contributed by atoms with Crippen molar-refractivity contribution in [2.24, 2.45) is 0 Å². The Labute approximate surface area is 132 Å². The Hall–Kier alpha value is -2.68. The van der Waals surface area contributed by atoms with E-state index < -0.39 is 17.2 Å². The summed E-state index contributed by atoms with van der Waals surface area (Å²) in [5.41, 5.74) is 0.262. The van der Waals surface area contributed by atoms with Crippen LogP contribution in [-0.2, 0) is 0 Å². The first kappa shape index (κ1) is 16.7. The largest absolute Gasteiger partial charge is 0.490 e. The molecule has 0 atom stereocenters. The molecule has 0 spiro atoms. The minimum Gasteiger partial charge on any atom is -0.490 e. The molecule has 120 valence electrons. The summed E-state index contributed by atoms with van der Waals surface area (Å²) in [6, 6.07) is 5.60. The molecule has 0 unspecified atom stereocenters. The Morgan fingerprint density at radius 2 is 2.04 bits per heavy atom. The Balaban J connectivity index is 2.57. The Morgan fingerprint density at radius 1 is 1.30 bits per heavy atom. The zero-order valence-corrected chi connectivity index (χ0v) is 12.9. The van der Waals surface area contributed by atoms with Crippen LogP contribution in [0, 0.1) is 29.9 Å². The zero-order chi connectivity index (χ0) is 17.0. The summed E-state index contributed by atoms with van der Waals surface area (Å²) in [7, 11) is 0. The van der Waals surface area contributed by atoms with Crippen LogP contribution in [0.25, 0.3) is 11.1 Å². The van der Waals surface area contributed by atoms with Gasteiger partial charge in [0, 0.05) is 11.3 Å². The van der Waals surface area contributed by atoms with Crippen molar-refractivity contribution in [1.29, 1.82) is 5.26 Å². The van der Waals surface area contributed by atoms with Gasteiger partial charge in [-0.25, -0.2) is 4.39 Å². The van der Waals surface area contributed by atoms with Gasteiger partial charge in [0.1, 0.15) is 11.6 Å². The van der Waals surface area contributed by atoms with Crippen molar-refractivity contribution < 1.29 is 13.5 Å². The number of nitrogens with one attached hydrogen (secondary N) is 1. The van der Waals surface area contributed by atoms with Crippen molar-refractivity contribution >= 4 is 0 Å². The van der Waals surface area contributed by atoms with Gasteiger partial charge in [-0.1, -0.05) is 13.3 Å². The highest BCUT2D eigenvalue weighted by Crippen LogP contribution is 2.30.